The molecular weight excluding hydrogens is 690 g/mol. The monoisotopic (exact) mass is 744 g/mol. The molecule has 2 heterocycles. The first-order chi connectivity index (χ1) is 17.1. The maximum absolute atomic E-state index is 2.85. The molecule has 0 atom stereocenters. The Hall–Kier alpha value is 0.844. The molecule has 0 aromatic heterocycles. The Kier molecular flexibility index (Phi) is 15.0. The Morgan fingerprint density at radius 3 is 1.27 bits per heavy atom. The summed E-state index contributed by atoms with van der Waals surface area (Å²) in [6, 6.07) is 9.75. The molecule has 0 spiro atoms. The summed E-state index contributed by atoms with van der Waals surface area (Å²) in [6.07, 6.45) is 25.7. The van der Waals surface area contributed by atoms with Gasteiger partial charge in [-0.15, -0.1) is 0 Å². The van der Waals surface area contributed by atoms with Gasteiger partial charge >= 0.3 is 233 Å². The molecule has 0 unspecified atom stereocenters. The molecule has 0 aromatic rings. The van der Waals surface area contributed by atoms with Crippen molar-refractivity contribution >= 4 is 16.1 Å². The molecule has 0 N–H and O–H groups in total. The molecule has 0 nitrogen and oxygen atoms in total. The van der Waals surface area contributed by atoms with E-state index in [1.165, 1.54) is 77.0 Å². The van der Waals surface area contributed by atoms with Crippen LogP contribution in [0.5, 0.6) is 0 Å². The molecule has 2 fully saturated rings. The van der Waals surface area contributed by atoms with Crippen molar-refractivity contribution in [3.63, 3.8) is 0 Å². The second-order valence-electron chi connectivity index (χ2n) is 12.4. The quantitative estimate of drug-likeness (QED) is 0.195. The van der Waals surface area contributed by atoms with E-state index in [4.69, 9.17) is 0 Å². The van der Waals surface area contributed by atoms with E-state index in [2.05, 4.69) is 56.9 Å². The van der Waals surface area contributed by atoms with Gasteiger partial charge in [-0.25, -0.2) is 0 Å². The molecule has 4 rings (SSSR count). The normalized spacial score (nSPS) is 21.4. The van der Waals surface area contributed by atoms with Gasteiger partial charge in [-0.05, 0) is 0 Å². The van der Waals surface area contributed by atoms with E-state index in [-0.39, 0.29) is 24.8 Å². The van der Waals surface area contributed by atoms with Crippen molar-refractivity contribution in [1.82, 2.24) is 0 Å². The largest absolute Gasteiger partial charge is 1.00 e. The minimum absolute atomic E-state index is 0. The SMILES string of the molecule is CCCCC1=[C]([Hf+2][C]2=C(CCCC)CC=C2[Si]2(CCCC)CCC2)C([Si]2(CCCC)CCC2)=CC1.[Cl-].[Cl-]. The molecule has 208 valence electrons. The molecule has 0 radical (unpaired) electrons. The van der Waals surface area contributed by atoms with Crippen molar-refractivity contribution in [3.05, 3.63) is 40.4 Å². The van der Waals surface area contributed by atoms with Crippen LogP contribution in [-0.4, -0.2) is 16.1 Å². The van der Waals surface area contributed by atoms with Crippen LogP contribution in [0.25, 0.3) is 0 Å². The minimum Gasteiger partial charge on any atom is -1.00 e. The summed E-state index contributed by atoms with van der Waals surface area (Å²) in [5.41, 5.74) is 3.93. The van der Waals surface area contributed by atoms with Gasteiger partial charge < -0.3 is 24.8 Å². The van der Waals surface area contributed by atoms with Crippen molar-refractivity contribution in [2.45, 2.75) is 154 Å². The third-order valence-corrected chi connectivity index (χ3v) is 29.2. The molecule has 0 amide bonds. The second kappa shape index (κ2) is 16.3. The van der Waals surface area contributed by atoms with Crippen LogP contribution >= 0.6 is 0 Å². The summed E-state index contributed by atoms with van der Waals surface area (Å²) in [5.74, 6) is 0. The van der Waals surface area contributed by atoms with E-state index in [9.17, 15) is 0 Å². The number of unbranched alkanes of at least 4 members (excludes halogenated alkanes) is 4. The molecule has 0 bridgehead atoms. The summed E-state index contributed by atoms with van der Waals surface area (Å²) >= 11 is -1.02. The van der Waals surface area contributed by atoms with Crippen molar-refractivity contribution in [3.8, 4) is 0 Å². The van der Waals surface area contributed by atoms with Crippen LogP contribution in [-0.2, 0) is 22.9 Å². The van der Waals surface area contributed by atoms with Crippen molar-refractivity contribution in [2.24, 2.45) is 0 Å². The van der Waals surface area contributed by atoms with Crippen molar-refractivity contribution < 1.29 is 47.7 Å². The number of hydrogen-bond acceptors (Lipinski definition) is 0. The zero-order valence-corrected chi connectivity index (χ0v) is 31.7. The molecule has 2 saturated heterocycles. The van der Waals surface area contributed by atoms with Gasteiger partial charge in [0.2, 0.25) is 0 Å². The van der Waals surface area contributed by atoms with Crippen LogP contribution in [0.2, 0.25) is 36.3 Å². The van der Waals surface area contributed by atoms with Crippen LogP contribution in [0.3, 0.4) is 0 Å². The Balaban J connectivity index is 0.00000241. The molecule has 2 aliphatic heterocycles. The van der Waals surface area contributed by atoms with Gasteiger partial charge in [0.25, 0.3) is 0 Å². The first kappa shape index (κ1) is 34.0. The van der Waals surface area contributed by atoms with Gasteiger partial charge in [0.1, 0.15) is 0 Å². The van der Waals surface area contributed by atoms with E-state index < -0.39 is 39.1 Å². The molecule has 4 aliphatic rings. The van der Waals surface area contributed by atoms with E-state index in [0.29, 0.717) is 0 Å². The molecule has 37 heavy (non-hydrogen) atoms. The first-order valence-corrected chi connectivity index (χ1v) is 24.6. The van der Waals surface area contributed by atoms with E-state index in [1.54, 1.807) is 49.1 Å². The topological polar surface area (TPSA) is 0 Å². The van der Waals surface area contributed by atoms with E-state index >= 15 is 0 Å². The van der Waals surface area contributed by atoms with E-state index in [1.807, 2.05) is 11.1 Å². The van der Waals surface area contributed by atoms with Gasteiger partial charge in [0.05, 0.1) is 0 Å². The maximum Gasteiger partial charge on any atom is -1.00 e. The van der Waals surface area contributed by atoms with Gasteiger partial charge in [-0.1, -0.05) is 0 Å². The molecule has 2 aliphatic carbocycles. The Morgan fingerprint density at radius 1 is 0.595 bits per heavy atom. The fraction of sp³-hybridized carbons (Fsp3) is 0.750. The minimum atomic E-state index is -1.16. The zero-order valence-electron chi connectivity index (χ0n) is 24.6. The van der Waals surface area contributed by atoms with Crippen molar-refractivity contribution in [1.29, 1.82) is 0 Å². The third-order valence-electron chi connectivity index (χ3n) is 10.0. The third kappa shape index (κ3) is 7.58. The Morgan fingerprint density at radius 2 is 0.973 bits per heavy atom. The zero-order chi connectivity index (χ0) is 24.7. The number of halogens is 2. The smallest absolute Gasteiger partial charge is 1.00 e. The summed E-state index contributed by atoms with van der Waals surface area (Å²) < 4.78 is 4.24. The fourth-order valence-corrected chi connectivity index (χ4v) is 29.2. The van der Waals surface area contributed by atoms with Crippen LogP contribution in [0.4, 0.5) is 0 Å². The molecule has 0 aromatic carbocycles. The number of hydrogen-bond donors (Lipinski definition) is 0. The standard InChI is InChI=1S/2C16H27Si.2ClH.Hf/c2*1-3-5-8-15-9-10-16(14-15)17(11-6-4-2)12-7-13-17;;;/h2*10H,3-9,11-13H2,1-2H3;2*1H;/q;;;;+2/p-2. The van der Waals surface area contributed by atoms with Crippen LogP contribution in [0.1, 0.15) is 118 Å². The Labute approximate surface area is 256 Å². The molecule has 0 saturated carbocycles. The maximum atomic E-state index is 2.85. The van der Waals surface area contributed by atoms with Crippen LogP contribution in [0, 0.1) is 0 Å². The van der Waals surface area contributed by atoms with E-state index in [0.717, 1.165) is 0 Å². The van der Waals surface area contributed by atoms with Crippen LogP contribution in [0.15, 0.2) is 40.4 Å². The van der Waals surface area contributed by atoms with Crippen LogP contribution < -0.4 is 24.8 Å². The molecular formula is C32H54Cl2HfSi2. The molecule has 5 heteroatoms. The average Bonchev–Trinajstić information content (AvgIpc) is 3.40. The van der Waals surface area contributed by atoms with Gasteiger partial charge in [0.15, 0.2) is 0 Å². The second-order valence-corrected chi connectivity index (χ2v) is 26.1. The Bertz CT molecular complexity index is 792. The summed E-state index contributed by atoms with van der Waals surface area (Å²) in [5, 5.41) is 4.16. The van der Waals surface area contributed by atoms with Gasteiger partial charge in [-0.3, -0.25) is 0 Å². The number of rotatable bonds is 16. The number of allylic oxidation sites excluding steroid dienone is 8. The summed E-state index contributed by atoms with van der Waals surface area (Å²) in [6.45, 7) is 9.64. The predicted molar refractivity (Wildman–Crippen MR) is 158 cm³/mol. The fourth-order valence-electron chi connectivity index (χ4n) is 7.42. The van der Waals surface area contributed by atoms with Gasteiger partial charge in [0, 0.05) is 0 Å². The van der Waals surface area contributed by atoms with Gasteiger partial charge in [-0.2, -0.15) is 0 Å². The first-order valence-electron chi connectivity index (χ1n) is 15.8. The summed E-state index contributed by atoms with van der Waals surface area (Å²) in [4.78, 5) is 0. The van der Waals surface area contributed by atoms with Crippen molar-refractivity contribution in [2.75, 3.05) is 0 Å². The average molecular weight is 744 g/mol. The summed E-state index contributed by atoms with van der Waals surface area (Å²) in [7, 11) is -2.31. The predicted octanol–water partition coefficient (Wildman–Crippen LogP) is 5.01.